The first kappa shape index (κ1) is 23.9. The summed E-state index contributed by atoms with van der Waals surface area (Å²) in [5, 5.41) is 6.79. The summed E-state index contributed by atoms with van der Waals surface area (Å²) >= 11 is 11.8. The molecule has 0 bridgehead atoms. The minimum absolute atomic E-state index is 0.322. The highest BCUT2D eigenvalue weighted by molar-refractivity contribution is 6.18. The SMILES string of the molecule is Cc1cccc(-c2cc(NC(=O)Nc3ccc(N(CCCl)CCCl)cc3)c3ccccc3n2)c1. The Morgan fingerprint density at radius 2 is 1.62 bits per heavy atom. The van der Waals surface area contributed by atoms with Gasteiger partial charge < -0.3 is 15.5 Å². The van der Waals surface area contributed by atoms with Crippen LogP contribution in [-0.2, 0) is 0 Å². The van der Waals surface area contributed by atoms with Crippen LogP contribution >= 0.6 is 23.2 Å². The van der Waals surface area contributed by atoms with Gasteiger partial charge in [0.15, 0.2) is 0 Å². The second kappa shape index (κ2) is 11.2. The zero-order chi connectivity index (χ0) is 23.9. The van der Waals surface area contributed by atoms with Gasteiger partial charge >= 0.3 is 6.03 Å². The number of benzene rings is 3. The van der Waals surface area contributed by atoms with Crippen molar-refractivity contribution >= 4 is 57.2 Å². The van der Waals surface area contributed by atoms with Crippen molar-refractivity contribution in [2.45, 2.75) is 6.92 Å². The van der Waals surface area contributed by atoms with Crippen LogP contribution in [0.3, 0.4) is 0 Å². The normalized spacial score (nSPS) is 10.8. The fourth-order valence-corrected chi connectivity index (χ4v) is 4.25. The van der Waals surface area contributed by atoms with Crippen molar-refractivity contribution in [3.8, 4) is 11.3 Å². The topological polar surface area (TPSA) is 57.3 Å². The Hall–Kier alpha value is -3.28. The van der Waals surface area contributed by atoms with Crippen molar-refractivity contribution in [1.82, 2.24) is 4.98 Å². The van der Waals surface area contributed by atoms with Gasteiger partial charge in [0, 0.05) is 47.2 Å². The molecule has 5 nitrogen and oxygen atoms in total. The van der Waals surface area contributed by atoms with Gasteiger partial charge in [0.05, 0.1) is 16.9 Å². The van der Waals surface area contributed by atoms with Gasteiger partial charge in [0.2, 0.25) is 0 Å². The van der Waals surface area contributed by atoms with E-state index in [4.69, 9.17) is 28.2 Å². The zero-order valence-corrected chi connectivity index (χ0v) is 20.4. The molecule has 0 atom stereocenters. The molecule has 0 aliphatic rings. The van der Waals surface area contributed by atoms with Crippen molar-refractivity contribution in [3.63, 3.8) is 0 Å². The lowest BCUT2D eigenvalue weighted by molar-refractivity contribution is 0.262. The molecule has 2 N–H and O–H groups in total. The number of aryl methyl sites for hydroxylation is 1. The predicted molar refractivity (Wildman–Crippen MR) is 145 cm³/mol. The van der Waals surface area contributed by atoms with E-state index in [1.807, 2.05) is 79.7 Å². The number of anilines is 3. The van der Waals surface area contributed by atoms with Crippen LogP contribution in [0.5, 0.6) is 0 Å². The Morgan fingerprint density at radius 1 is 0.882 bits per heavy atom. The number of para-hydroxylation sites is 1. The maximum atomic E-state index is 12.9. The molecule has 0 saturated heterocycles. The smallest absolute Gasteiger partial charge is 0.323 e. The summed E-state index contributed by atoms with van der Waals surface area (Å²) in [5.74, 6) is 1.04. The third kappa shape index (κ3) is 5.79. The molecule has 0 spiro atoms. The van der Waals surface area contributed by atoms with E-state index in [1.54, 1.807) is 0 Å². The predicted octanol–water partition coefficient (Wildman–Crippen LogP) is 7.14. The second-order valence-corrected chi connectivity index (χ2v) is 8.69. The molecule has 0 aliphatic carbocycles. The van der Waals surface area contributed by atoms with E-state index in [-0.39, 0.29) is 6.03 Å². The largest absolute Gasteiger partial charge is 0.369 e. The Morgan fingerprint density at radius 3 is 2.32 bits per heavy atom. The number of carbonyl (C=O) groups is 1. The number of nitrogens with zero attached hydrogens (tertiary/aromatic N) is 2. The minimum Gasteiger partial charge on any atom is -0.369 e. The van der Waals surface area contributed by atoms with Gasteiger partial charge in [-0.3, -0.25) is 0 Å². The monoisotopic (exact) mass is 492 g/mol. The summed E-state index contributed by atoms with van der Waals surface area (Å²) in [7, 11) is 0. The van der Waals surface area contributed by atoms with Crippen molar-refractivity contribution in [2.75, 3.05) is 40.4 Å². The van der Waals surface area contributed by atoms with Gasteiger partial charge in [-0.05, 0) is 49.4 Å². The highest BCUT2D eigenvalue weighted by Crippen LogP contribution is 2.29. The molecule has 7 heteroatoms. The van der Waals surface area contributed by atoms with Crippen molar-refractivity contribution in [2.24, 2.45) is 0 Å². The number of hydrogen-bond acceptors (Lipinski definition) is 3. The third-order valence-corrected chi connectivity index (χ3v) is 5.82. The lowest BCUT2D eigenvalue weighted by Crippen LogP contribution is -2.27. The molecule has 0 saturated carbocycles. The van der Waals surface area contributed by atoms with E-state index < -0.39 is 0 Å². The first-order valence-corrected chi connectivity index (χ1v) is 12.2. The standard InChI is InChI=1S/C27H26Cl2N4O/c1-19-5-4-6-20(17-19)25-18-26(23-7-2-3-8-24(23)31-25)32-27(34)30-21-9-11-22(12-10-21)33(15-13-28)16-14-29/h2-12,17-18H,13-16H2,1H3,(H2,30,31,32,34). The maximum Gasteiger partial charge on any atom is 0.323 e. The first-order chi connectivity index (χ1) is 16.6. The molecule has 1 aromatic heterocycles. The molecule has 4 rings (SSSR count). The summed E-state index contributed by atoms with van der Waals surface area (Å²) in [6, 6.07) is 25.2. The van der Waals surface area contributed by atoms with Crippen molar-refractivity contribution in [1.29, 1.82) is 0 Å². The number of carbonyl (C=O) groups excluding carboxylic acids is 1. The number of pyridine rings is 1. The molecule has 1 heterocycles. The van der Waals surface area contributed by atoms with E-state index in [0.717, 1.165) is 33.4 Å². The molecular weight excluding hydrogens is 467 g/mol. The lowest BCUT2D eigenvalue weighted by Gasteiger charge is -2.23. The van der Waals surface area contributed by atoms with E-state index in [9.17, 15) is 4.79 Å². The number of urea groups is 1. The highest BCUT2D eigenvalue weighted by atomic mass is 35.5. The fourth-order valence-electron chi connectivity index (χ4n) is 3.85. The quantitative estimate of drug-likeness (QED) is 0.257. The van der Waals surface area contributed by atoms with E-state index in [1.165, 1.54) is 0 Å². The number of aromatic nitrogens is 1. The Labute approximate surface area is 209 Å². The molecule has 0 aliphatic heterocycles. The number of amides is 2. The number of hydrogen-bond donors (Lipinski definition) is 2. The summed E-state index contributed by atoms with van der Waals surface area (Å²) < 4.78 is 0. The van der Waals surface area contributed by atoms with Gasteiger partial charge in [0.1, 0.15) is 0 Å². The number of fused-ring (bicyclic) bond motifs is 1. The Balaban J connectivity index is 1.55. The van der Waals surface area contributed by atoms with Crippen LogP contribution < -0.4 is 15.5 Å². The molecule has 4 aromatic rings. The van der Waals surface area contributed by atoms with Crippen LogP contribution in [0.15, 0.2) is 78.9 Å². The van der Waals surface area contributed by atoms with Crippen LogP contribution in [0.2, 0.25) is 0 Å². The molecule has 0 unspecified atom stereocenters. The van der Waals surface area contributed by atoms with Crippen LogP contribution in [0.4, 0.5) is 21.9 Å². The highest BCUT2D eigenvalue weighted by Gasteiger charge is 2.11. The molecule has 3 aromatic carbocycles. The van der Waals surface area contributed by atoms with Gasteiger partial charge in [-0.1, -0.05) is 42.0 Å². The average Bonchev–Trinajstić information content (AvgIpc) is 2.84. The Kier molecular flexibility index (Phi) is 7.88. The maximum absolute atomic E-state index is 12.9. The fraction of sp³-hybridized carbons (Fsp3) is 0.185. The summed E-state index contributed by atoms with van der Waals surface area (Å²) in [5.41, 5.74) is 6.18. The van der Waals surface area contributed by atoms with Gasteiger partial charge in [0.25, 0.3) is 0 Å². The molecule has 0 fully saturated rings. The number of nitrogens with one attached hydrogen (secondary N) is 2. The summed E-state index contributed by atoms with van der Waals surface area (Å²) in [6.45, 7) is 3.47. The summed E-state index contributed by atoms with van der Waals surface area (Å²) in [4.78, 5) is 19.8. The number of alkyl halides is 2. The van der Waals surface area contributed by atoms with Gasteiger partial charge in [-0.25, -0.2) is 9.78 Å². The second-order valence-electron chi connectivity index (χ2n) is 7.93. The first-order valence-electron chi connectivity index (χ1n) is 11.1. The lowest BCUT2D eigenvalue weighted by atomic mass is 10.1. The van der Waals surface area contributed by atoms with E-state index in [2.05, 4.69) is 21.6 Å². The van der Waals surface area contributed by atoms with Crippen molar-refractivity contribution in [3.05, 3.63) is 84.4 Å². The Bertz CT molecular complexity index is 1270. The van der Waals surface area contributed by atoms with Crippen molar-refractivity contribution < 1.29 is 4.79 Å². The van der Waals surface area contributed by atoms with E-state index >= 15 is 0 Å². The van der Waals surface area contributed by atoms with Crippen LogP contribution in [0.1, 0.15) is 5.56 Å². The third-order valence-electron chi connectivity index (χ3n) is 5.48. The molecular formula is C27H26Cl2N4O. The number of halogens is 2. The van der Waals surface area contributed by atoms with Crippen LogP contribution in [-0.4, -0.2) is 35.9 Å². The van der Waals surface area contributed by atoms with E-state index in [0.29, 0.717) is 36.2 Å². The number of rotatable bonds is 8. The van der Waals surface area contributed by atoms with Crippen LogP contribution in [0.25, 0.3) is 22.2 Å². The zero-order valence-electron chi connectivity index (χ0n) is 18.9. The molecule has 0 radical (unpaired) electrons. The summed E-state index contributed by atoms with van der Waals surface area (Å²) in [6.07, 6.45) is 0. The molecule has 174 valence electrons. The van der Waals surface area contributed by atoms with Crippen LogP contribution in [0, 0.1) is 6.92 Å². The average molecular weight is 493 g/mol. The van der Waals surface area contributed by atoms with Gasteiger partial charge in [-0.2, -0.15) is 0 Å². The molecule has 34 heavy (non-hydrogen) atoms. The minimum atomic E-state index is -0.322. The molecule has 2 amide bonds. The van der Waals surface area contributed by atoms with Gasteiger partial charge in [-0.15, -0.1) is 23.2 Å².